The molecule has 0 saturated heterocycles. The summed E-state index contributed by atoms with van der Waals surface area (Å²) in [6, 6.07) is 3.87. The van der Waals surface area contributed by atoms with E-state index in [0.29, 0.717) is 29.6 Å². The average molecular weight is 516 g/mol. The molecule has 2 saturated carbocycles. The number of pyridine rings is 1. The second-order valence-corrected chi connectivity index (χ2v) is 10.6. The fourth-order valence-electron chi connectivity index (χ4n) is 4.88. The highest BCUT2D eigenvalue weighted by atomic mass is 16.6. The molecule has 0 aliphatic heterocycles. The largest absolute Gasteiger partial charge is 0.488 e. The lowest BCUT2D eigenvalue weighted by Gasteiger charge is -2.28. The number of carbonyl (C=O) groups is 1. The van der Waals surface area contributed by atoms with Crippen LogP contribution in [0.15, 0.2) is 12.1 Å². The van der Waals surface area contributed by atoms with Crippen LogP contribution in [-0.2, 0) is 27.9 Å². The number of nitrogens with zero attached hydrogens (tertiary/aromatic N) is 5. The van der Waals surface area contributed by atoms with Gasteiger partial charge < -0.3 is 19.3 Å². The lowest BCUT2D eigenvalue weighted by Crippen LogP contribution is -2.36. The minimum Gasteiger partial charge on any atom is -0.488 e. The molecule has 10 nitrogen and oxygen atoms in total. The molecule has 2 aromatic heterocycles. The Balaban J connectivity index is 1.48. The van der Waals surface area contributed by atoms with Gasteiger partial charge in [0.1, 0.15) is 11.4 Å². The fourth-order valence-corrected chi connectivity index (χ4v) is 4.88. The first-order valence-corrected chi connectivity index (χ1v) is 13.4. The Morgan fingerprint density at radius 3 is 2.76 bits per heavy atom. The summed E-state index contributed by atoms with van der Waals surface area (Å²) in [5.74, 6) is 1.34. The number of rotatable bonds is 12. The van der Waals surface area contributed by atoms with Gasteiger partial charge in [-0.2, -0.15) is 0 Å². The van der Waals surface area contributed by atoms with Crippen LogP contribution < -0.4 is 4.74 Å². The van der Waals surface area contributed by atoms with E-state index in [0.717, 1.165) is 62.2 Å². The zero-order valence-corrected chi connectivity index (χ0v) is 22.7. The summed E-state index contributed by atoms with van der Waals surface area (Å²) in [4.78, 5) is 18.8. The van der Waals surface area contributed by atoms with Gasteiger partial charge in [-0.05, 0) is 63.6 Å². The van der Waals surface area contributed by atoms with Crippen molar-refractivity contribution < 1.29 is 24.1 Å². The van der Waals surface area contributed by atoms with E-state index in [1.54, 1.807) is 9.58 Å². The maximum absolute atomic E-state index is 12.0. The molecular weight excluding hydrogens is 474 g/mol. The number of ether oxygens (including phenoxy) is 3. The zero-order valence-electron chi connectivity index (χ0n) is 22.7. The highest BCUT2D eigenvalue weighted by Crippen LogP contribution is 2.45. The summed E-state index contributed by atoms with van der Waals surface area (Å²) < 4.78 is 18.8. The SMILES string of the molecule is CC[C@H](C)CN(C)C(O)OCc1c(-c2ccc(O[C@H]3CCC[C@H](C(=O)OC)C3)c(C3CC3)n2)nnn1C. The predicted octanol–water partition coefficient (Wildman–Crippen LogP) is 3.64. The van der Waals surface area contributed by atoms with Crippen molar-refractivity contribution in [2.45, 2.75) is 83.8 Å². The molecule has 2 heterocycles. The van der Waals surface area contributed by atoms with Crippen molar-refractivity contribution in [2.75, 3.05) is 20.7 Å². The van der Waals surface area contributed by atoms with Crippen LogP contribution in [0.1, 0.15) is 76.1 Å². The molecule has 2 aliphatic rings. The van der Waals surface area contributed by atoms with Gasteiger partial charge in [0, 0.05) is 19.5 Å². The van der Waals surface area contributed by atoms with Crippen LogP contribution in [-0.4, -0.2) is 69.2 Å². The van der Waals surface area contributed by atoms with Crippen LogP contribution in [0.25, 0.3) is 11.4 Å². The molecule has 0 radical (unpaired) electrons. The second-order valence-electron chi connectivity index (χ2n) is 10.6. The Kier molecular flexibility index (Phi) is 9.15. The summed E-state index contributed by atoms with van der Waals surface area (Å²) in [5.41, 5.74) is 3.02. The molecule has 2 fully saturated rings. The Hall–Kier alpha value is -2.56. The number of hydrogen-bond donors (Lipinski definition) is 1. The van der Waals surface area contributed by atoms with Crippen LogP contribution in [0.5, 0.6) is 5.75 Å². The van der Waals surface area contributed by atoms with Crippen LogP contribution in [0.4, 0.5) is 0 Å². The summed E-state index contributed by atoms with van der Waals surface area (Å²) in [6.07, 6.45) is 5.50. The summed E-state index contributed by atoms with van der Waals surface area (Å²) >= 11 is 0. The van der Waals surface area contributed by atoms with Crippen LogP contribution in [0.2, 0.25) is 0 Å². The van der Waals surface area contributed by atoms with Crippen molar-refractivity contribution in [3.63, 3.8) is 0 Å². The predicted molar refractivity (Wildman–Crippen MR) is 137 cm³/mol. The Morgan fingerprint density at radius 2 is 2.05 bits per heavy atom. The van der Waals surface area contributed by atoms with Gasteiger partial charge in [-0.3, -0.25) is 9.69 Å². The molecule has 1 N–H and O–H groups in total. The third-order valence-corrected chi connectivity index (χ3v) is 7.53. The molecular formula is C27H41N5O5. The number of methoxy groups -OCH3 is 1. The molecule has 0 bridgehead atoms. The molecule has 37 heavy (non-hydrogen) atoms. The first kappa shape index (κ1) is 27.5. The number of esters is 1. The third kappa shape index (κ3) is 6.86. The maximum Gasteiger partial charge on any atom is 0.308 e. The molecule has 4 atom stereocenters. The van der Waals surface area contributed by atoms with Crippen molar-refractivity contribution in [2.24, 2.45) is 18.9 Å². The first-order chi connectivity index (χ1) is 17.8. The molecule has 10 heteroatoms. The normalized spacial score (nSPS) is 21.6. The van der Waals surface area contributed by atoms with Gasteiger partial charge in [0.15, 0.2) is 0 Å². The highest BCUT2D eigenvalue weighted by Gasteiger charge is 2.33. The lowest BCUT2D eigenvalue weighted by atomic mass is 9.87. The smallest absolute Gasteiger partial charge is 0.308 e. The summed E-state index contributed by atoms with van der Waals surface area (Å²) in [7, 11) is 5.10. The number of aliphatic hydroxyl groups excluding tert-OH is 1. The van der Waals surface area contributed by atoms with E-state index in [4.69, 9.17) is 19.2 Å². The minimum absolute atomic E-state index is 0.0302. The van der Waals surface area contributed by atoms with E-state index in [1.165, 1.54) is 7.11 Å². The van der Waals surface area contributed by atoms with Gasteiger partial charge in [0.25, 0.3) is 0 Å². The minimum atomic E-state index is -1.02. The van der Waals surface area contributed by atoms with Gasteiger partial charge in [0.2, 0.25) is 6.41 Å². The van der Waals surface area contributed by atoms with Crippen molar-refractivity contribution in [3.05, 3.63) is 23.5 Å². The van der Waals surface area contributed by atoms with Gasteiger partial charge in [0.05, 0.1) is 42.8 Å². The van der Waals surface area contributed by atoms with E-state index in [9.17, 15) is 9.90 Å². The number of aryl methyl sites for hydroxylation is 1. The molecule has 2 aromatic rings. The molecule has 0 aromatic carbocycles. The molecule has 4 rings (SSSR count). The number of carbonyl (C=O) groups excluding carboxylic acids is 1. The van der Waals surface area contributed by atoms with Crippen LogP contribution in [0, 0.1) is 11.8 Å². The number of aliphatic hydroxyl groups is 1. The lowest BCUT2D eigenvalue weighted by molar-refractivity contribution is -0.195. The van der Waals surface area contributed by atoms with Gasteiger partial charge in [-0.25, -0.2) is 9.67 Å². The van der Waals surface area contributed by atoms with E-state index in [2.05, 4.69) is 24.2 Å². The zero-order chi connectivity index (χ0) is 26.5. The molecule has 2 aliphatic carbocycles. The monoisotopic (exact) mass is 515 g/mol. The quantitative estimate of drug-likeness (QED) is 0.334. The van der Waals surface area contributed by atoms with Crippen molar-refractivity contribution in [1.29, 1.82) is 0 Å². The third-order valence-electron chi connectivity index (χ3n) is 7.53. The fraction of sp³-hybridized carbons (Fsp3) is 0.704. The first-order valence-electron chi connectivity index (χ1n) is 13.4. The van der Waals surface area contributed by atoms with Crippen molar-refractivity contribution in [3.8, 4) is 17.1 Å². The van der Waals surface area contributed by atoms with Crippen LogP contribution in [0.3, 0.4) is 0 Å². The maximum atomic E-state index is 12.0. The molecule has 0 spiro atoms. The Bertz CT molecular complexity index is 1060. The van der Waals surface area contributed by atoms with Crippen molar-refractivity contribution in [1.82, 2.24) is 24.9 Å². The van der Waals surface area contributed by atoms with Gasteiger partial charge in [-0.1, -0.05) is 25.5 Å². The number of aromatic nitrogens is 4. The number of hydrogen-bond acceptors (Lipinski definition) is 9. The van der Waals surface area contributed by atoms with Crippen molar-refractivity contribution >= 4 is 5.97 Å². The van der Waals surface area contributed by atoms with E-state index >= 15 is 0 Å². The molecule has 204 valence electrons. The topological polar surface area (TPSA) is 112 Å². The van der Waals surface area contributed by atoms with E-state index in [1.807, 2.05) is 26.2 Å². The Morgan fingerprint density at radius 1 is 1.27 bits per heavy atom. The van der Waals surface area contributed by atoms with Gasteiger partial charge >= 0.3 is 5.97 Å². The van der Waals surface area contributed by atoms with E-state index in [-0.39, 0.29) is 24.6 Å². The summed E-state index contributed by atoms with van der Waals surface area (Å²) in [5, 5.41) is 19.0. The molecule has 0 amide bonds. The van der Waals surface area contributed by atoms with Gasteiger partial charge in [-0.15, -0.1) is 5.10 Å². The van der Waals surface area contributed by atoms with Crippen LogP contribution >= 0.6 is 0 Å². The molecule has 1 unspecified atom stereocenters. The summed E-state index contributed by atoms with van der Waals surface area (Å²) in [6.45, 7) is 5.17. The average Bonchev–Trinajstić information content (AvgIpc) is 3.69. The second kappa shape index (κ2) is 12.3. The standard InChI is InChI=1S/C27H41N5O5/c1-6-17(2)15-31(3)27(34)36-16-22-25(29-30-32(22)4)21-12-13-23(24(28-21)18-10-11-18)37-20-9-7-8-19(14-20)26(33)35-5/h12-13,17-20,27,34H,6-11,14-16H2,1-5H3/t17-,19-,20-,27?/m0/s1. The van der Waals surface area contributed by atoms with E-state index < -0.39 is 6.41 Å². The highest BCUT2D eigenvalue weighted by molar-refractivity contribution is 5.72. The Labute approximate surface area is 219 Å².